The Morgan fingerprint density at radius 3 is 2.90 bits per heavy atom. The predicted molar refractivity (Wildman–Crippen MR) is 83.4 cm³/mol. The number of aromatic amines is 1. The van der Waals surface area contributed by atoms with Gasteiger partial charge >= 0.3 is 0 Å². The third-order valence-corrected chi connectivity index (χ3v) is 4.63. The maximum absolute atomic E-state index is 12.9. The number of H-pyrrole nitrogens is 1. The normalized spacial score (nSPS) is 21.8. The van der Waals surface area contributed by atoms with Gasteiger partial charge in [-0.05, 0) is 55.8 Å². The minimum Gasteiger partial charge on any atom is -0.361 e. The summed E-state index contributed by atoms with van der Waals surface area (Å²) in [4.78, 5) is 18.1. The van der Waals surface area contributed by atoms with E-state index in [-0.39, 0.29) is 5.91 Å². The van der Waals surface area contributed by atoms with Crippen molar-refractivity contribution in [1.82, 2.24) is 15.2 Å². The van der Waals surface area contributed by atoms with Crippen LogP contribution in [0.1, 0.15) is 36.0 Å². The fourth-order valence-corrected chi connectivity index (χ4v) is 3.28. The van der Waals surface area contributed by atoms with E-state index in [2.05, 4.69) is 15.2 Å². The molecule has 1 saturated heterocycles. The molecule has 0 spiro atoms. The van der Waals surface area contributed by atoms with Crippen LogP contribution in [0, 0.1) is 0 Å². The van der Waals surface area contributed by atoms with Crippen molar-refractivity contribution in [3.05, 3.63) is 36.0 Å². The van der Waals surface area contributed by atoms with Gasteiger partial charge in [-0.3, -0.25) is 4.79 Å². The van der Waals surface area contributed by atoms with E-state index < -0.39 is 0 Å². The SMILES string of the molecule is O=C(c1ccc2cc[nH]c2c1)N(CC1CCCN1)C1CC1. The standard InChI is InChI=1S/C17H21N3O/c21-17(13-4-3-12-7-9-19-16(12)10-13)20(15-5-6-15)11-14-2-1-8-18-14/h3-4,7,9-10,14-15,18-19H,1-2,5-6,8,11H2. The lowest BCUT2D eigenvalue weighted by Crippen LogP contribution is -2.42. The first kappa shape index (κ1) is 12.9. The van der Waals surface area contributed by atoms with Crippen LogP contribution in [0.3, 0.4) is 0 Å². The number of nitrogens with one attached hydrogen (secondary N) is 2. The highest BCUT2D eigenvalue weighted by molar-refractivity contribution is 5.98. The van der Waals surface area contributed by atoms with Crippen LogP contribution in [0.5, 0.6) is 0 Å². The number of benzene rings is 1. The van der Waals surface area contributed by atoms with Crippen LogP contribution in [-0.2, 0) is 0 Å². The van der Waals surface area contributed by atoms with Gasteiger partial charge in [-0.15, -0.1) is 0 Å². The topological polar surface area (TPSA) is 48.1 Å². The molecule has 4 heteroatoms. The molecule has 2 fully saturated rings. The lowest BCUT2D eigenvalue weighted by Gasteiger charge is -2.26. The summed E-state index contributed by atoms with van der Waals surface area (Å²) in [5.41, 5.74) is 1.84. The molecule has 1 unspecified atom stereocenters. The number of aromatic nitrogens is 1. The van der Waals surface area contributed by atoms with Gasteiger partial charge in [-0.1, -0.05) is 6.07 Å². The molecule has 21 heavy (non-hydrogen) atoms. The number of hydrogen-bond acceptors (Lipinski definition) is 2. The van der Waals surface area contributed by atoms with Crippen LogP contribution in [0.15, 0.2) is 30.5 Å². The summed E-state index contributed by atoms with van der Waals surface area (Å²) in [6, 6.07) is 8.93. The molecule has 4 rings (SSSR count). The van der Waals surface area contributed by atoms with Gasteiger partial charge in [0, 0.05) is 35.9 Å². The molecule has 1 aromatic heterocycles. The van der Waals surface area contributed by atoms with E-state index in [1.807, 2.05) is 30.5 Å². The molecule has 2 N–H and O–H groups in total. The van der Waals surface area contributed by atoms with Crippen molar-refractivity contribution in [2.24, 2.45) is 0 Å². The Kier molecular flexibility index (Phi) is 3.19. The summed E-state index contributed by atoms with van der Waals surface area (Å²) < 4.78 is 0. The minimum atomic E-state index is 0.183. The Morgan fingerprint density at radius 1 is 1.24 bits per heavy atom. The first-order valence-corrected chi connectivity index (χ1v) is 7.93. The number of rotatable bonds is 4. The Bertz CT molecular complexity index is 653. The molecule has 2 aromatic rings. The van der Waals surface area contributed by atoms with Crippen molar-refractivity contribution in [2.45, 2.75) is 37.8 Å². The van der Waals surface area contributed by atoms with Crippen LogP contribution < -0.4 is 5.32 Å². The van der Waals surface area contributed by atoms with Gasteiger partial charge in [0.1, 0.15) is 0 Å². The Labute approximate surface area is 124 Å². The number of hydrogen-bond donors (Lipinski definition) is 2. The Hall–Kier alpha value is -1.81. The fourth-order valence-electron chi connectivity index (χ4n) is 3.28. The van der Waals surface area contributed by atoms with Crippen LogP contribution in [0.2, 0.25) is 0 Å². The maximum Gasteiger partial charge on any atom is 0.254 e. The molecule has 2 aliphatic rings. The second kappa shape index (κ2) is 5.19. The van der Waals surface area contributed by atoms with Gasteiger partial charge in [0.25, 0.3) is 5.91 Å². The lowest BCUT2D eigenvalue weighted by molar-refractivity contribution is 0.0729. The zero-order chi connectivity index (χ0) is 14.2. The second-order valence-corrected chi connectivity index (χ2v) is 6.26. The highest BCUT2D eigenvalue weighted by atomic mass is 16.2. The molecule has 1 amide bonds. The maximum atomic E-state index is 12.9. The molecule has 1 aliphatic heterocycles. The van der Waals surface area contributed by atoms with Crippen molar-refractivity contribution >= 4 is 16.8 Å². The molecular formula is C17H21N3O. The molecule has 1 aromatic carbocycles. The smallest absolute Gasteiger partial charge is 0.254 e. The molecule has 1 saturated carbocycles. The Balaban J connectivity index is 1.57. The van der Waals surface area contributed by atoms with Crippen LogP contribution in [-0.4, -0.2) is 41.0 Å². The first-order chi connectivity index (χ1) is 10.3. The summed E-state index contributed by atoms with van der Waals surface area (Å²) in [5, 5.41) is 4.66. The van der Waals surface area contributed by atoms with Crippen molar-refractivity contribution in [1.29, 1.82) is 0 Å². The highest BCUT2D eigenvalue weighted by Gasteiger charge is 2.35. The molecule has 0 radical (unpaired) electrons. The molecule has 1 aliphatic carbocycles. The molecule has 2 heterocycles. The third-order valence-electron chi connectivity index (χ3n) is 4.63. The largest absolute Gasteiger partial charge is 0.361 e. The highest BCUT2D eigenvalue weighted by Crippen LogP contribution is 2.29. The van der Waals surface area contributed by atoms with Crippen molar-refractivity contribution in [2.75, 3.05) is 13.1 Å². The van der Waals surface area contributed by atoms with Crippen LogP contribution in [0.4, 0.5) is 0 Å². The van der Waals surface area contributed by atoms with E-state index in [0.29, 0.717) is 12.1 Å². The van der Waals surface area contributed by atoms with Crippen molar-refractivity contribution in [3.63, 3.8) is 0 Å². The number of carbonyl (C=O) groups excluding carboxylic acids is 1. The van der Waals surface area contributed by atoms with E-state index >= 15 is 0 Å². The van der Waals surface area contributed by atoms with Crippen LogP contribution >= 0.6 is 0 Å². The van der Waals surface area contributed by atoms with Crippen molar-refractivity contribution < 1.29 is 4.79 Å². The van der Waals surface area contributed by atoms with Gasteiger partial charge in [-0.25, -0.2) is 0 Å². The lowest BCUT2D eigenvalue weighted by atomic mass is 10.1. The van der Waals surface area contributed by atoms with E-state index in [0.717, 1.165) is 42.4 Å². The summed E-state index contributed by atoms with van der Waals surface area (Å²) in [6.45, 7) is 1.94. The number of nitrogens with zero attached hydrogens (tertiary/aromatic N) is 1. The van der Waals surface area contributed by atoms with Gasteiger partial charge in [-0.2, -0.15) is 0 Å². The van der Waals surface area contributed by atoms with Gasteiger partial charge in [0.15, 0.2) is 0 Å². The van der Waals surface area contributed by atoms with E-state index in [1.54, 1.807) is 0 Å². The monoisotopic (exact) mass is 283 g/mol. The number of fused-ring (bicyclic) bond motifs is 1. The average Bonchev–Trinajstić information content (AvgIpc) is 3.02. The van der Waals surface area contributed by atoms with Crippen molar-refractivity contribution in [3.8, 4) is 0 Å². The summed E-state index contributed by atoms with van der Waals surface area (Å²) in [5.74, 6) is 0.183. The van der Waals surface area contributed by atoms with Gasteiger partial charge < -0.3 is 15.2 Å². The Morgan fingerprint density at radius 2 is 2.14 bits per heavy atom. The molecule has 1 atom stereocenters. The summed E-state index contributed by atoms with van der Waals surface area (Å²) in [7, 11) is 0. The molecule has 0 bridgehead atoms. The third kappa shape index (κ3) is 2.56. The molecular weight excluding hydrogens is 262 g/mol. The predicted octanol–water partition coefficient (Wildman–Crippen LogP) is 2.52. The fraction of sp³-hybridized carbons (Fsp3) is 0.471. The van der Waals surface area contributed by atoms with E-state index in [4.69, 9.17) is 0 Å². The summed E-state index contributed by atoms with van der Waals surface area (Å²) >= 11 is 0. The zero-order valence-electron chi connectivity index (χ0n) is 12.1. The van der Waals surface area contributed by atoms with E-state index in [9.17, 15) is 4.79 Å². The minimum absolute atomic E-state index is 0.183. The quantitative estimate of drug-likeness (QED) is 0.906. The first-order valence-electron chi connectivity index (χ1n) is 7.93. The van der Waals surface area contributed by atoms with Crippen LogP contribution in [0.25, 0.3) is 10.9 Å². The zero-order valence-corrected chi connectivity index (χ0v) is 12.1. The molecule has 110 valence electrons. The average molecular weight is 283 g/mol. The van der Waals surface area contributed by atoms with Gasteiger partial charge in [0.05, 0.1) is 0 Å². The number of amides is 1. The van der Waals surface area contributed by atoms with Gasteiger partial charge in [0.2, 0.25) is 0 Å². The van der Waals surface area contributed by atoms with E-state index in [1.165, 1.54) is 12.8 Å². The number of carbonyl (C=O) groups is 1. The summed E-state index contributed by atoms with van der Waals surface area (Å²) in [6.07, 6.45) is 6.64. The second-order valence-electron chi connectivity index (χ2n) is 6.26. The molecule has 4 nitrogen and oxygen atoms in total.